The van der Waals surface area contributed by atoms with Crippen molar-refractivity contribution in [2.45, 2.75) is 4.90 Å². The van der Waals surface area contributed by atoms with E-state index in [9.17, 15) is 9.59 Å². The molecule has 0 bridgehead atoms. The molecule has 4 heteroatoms. The Morgan fingerprint density at radius 3 is 3.00 bits per heavy atom. The number of rotatable bonds is 3. The van der Waals surface area contributed by atoms with Gasteiger partial charge in [-0.05, 0) is 18.2 Å². The molecule has 1 aliphatic heterocycles. The molecule has 0 saturated carbocycles. The minimum atomic E-state index is 0.0799. The summed E-state index contributed by atoms with van der Waals surface area (Å²) < 4.78 is 0. The molecule has 0 radical (unpaired) electrons. The fourth-order valence-corrected chi connectivity index (χ4v) is 2.60. The summed E-state index contributed by atoms with van der Waals surface area (Å²) in [6, 6.07) is 5.35. The number of amides is 1. The minimum absolute atomic E-state index is 0.0799. The normalized spacial score (nSPS) is 14.5. The first-order valence-electron chi connectivity index (χ1n) is 4.89. The zero-order valence-electron chi connectivity index (χ0n) is 8.68. The molecule has 1 heterocycles. The lowest BCUT2D eigenvalue weighted by molar-refractivity contribution is -0.116. The van der Waals surface area contributed by atoms with Crippen LogP contribution in [0.15, 0.2) is 35.7 Å². The fraction of sp³-hybridized carbons (Fsp3) is 0.167. The molecule has 0 aliphatic carbocycles. The van der Waals surface area contributed by atoms with E-state index in [4.69, 9.17) is 0 Å². The highest BCUT2D eigenvalue weighted by atomic mass is 32.2. The van der Waals surface area contributed by atoms with E-state index in [1.54, 1.807) is 17.0 Å². The average Bonchev–Trinajstić information content (AvgIpc) is 2.32. The second-order valence-corrected chi connectivity index (χ2v) is 4.44. The zero-order chi connectivity index (χ0) is 11.5. The molecule has 0 unspecified atom stereocenters. The molecule has 16 heavy (non-hydrogen) atoms. The van der Waals surface area contributed by atoms with Gasteiger partial charge in [-0.3, -0.25) is 9.59 Å². The van der Waals surface area contributed by atoms with Gasteiger partial charge in [0.25, 0.3) is 0 Å². The van der Waals surface area contributed by atoms with E-state index in [0.717, 1.165) is 16.9 Å². The van der Waals surface area contributed by atoms with Gasteiger partial charge in [-0.2, -0.15) is 0 Å². The third-order valence-corrected chi connectivity index (χ3v) is 3.40. The Bertz CT molecular complexity index is 456. The molecule has 1 amide bonds. The highest BCUT2D eigenvalue weighted by Crippen LogP contribution is 2.35. The molecular formula is C12H11NO2S. The van der Waals surface area contributed by atoms with Gasteiger partial charge >= 0.3 is 0 Å². The molecule has 0 fully saturated rings. The summed E-state index contributed by atoms with van der Waals surface area (Å²) in [6.45, 7) is 4.15. The first-order valence-corrected chi connectivity index (χ1v) is 5.88. The summed E-state index contributed by atoms with van der Waals surface area (Å²) >= 11 is 1.47. The first kappa shape index (κ1) is 11.0. The maximum Gasteiger partial charge on any atom is 0.237 e. The molecule has 0 spiro atoms. The van der Waals surface area contributed by atoms with Crippen molar-refractivity contribution in [1.82, 2.24) is 0 Å². The number of aldehydes is 1. The zero-order valence-corrected chi connectivity index (χ0v) is 9.50. The van der Waals surface area contributed by atoms with Crippen molar-refractivity contribution < 1.29 is 9.59 Å². The average molecular weight is 233 g/mol. The van der Waals surface area contributed by atoms with Crippen LogP contribution < -0.4 is 4.90 Å². The van der Waals surface area contributed by atoms with Gasteiger partial charge in [0.1, 0.15) is 6.29 Å². The number of nitrogens with zero attached hydrogens (tertiary/aromatic N) is 1. The van der Waals surface area contributed by atoms with Gasteiger partial charge in [-0.25, -0.2) is 0 Å². The largest absolute Gasteiger partial charge is 0.307 e. The van der Waals surface area contributed by atoms with Crippen molar-refractivity contribution in [3.8, 4) is 0 Å². The van der Waals surface area contributed by atoms with Crippen LogP contribution in [0, 0.1) is 0 Å². The van der Waals surface area contributed by atoms with Gasteiger partial charge in [0.15, 0.2) is 0 Å². The molecule has 3 nitrogen and oxygen atoms in total. The maximum atomic E-state index is 11.7. The summed E-state index contributed by atoms with van der Waals surface area (Å²) in [5, 5.41) is 0. The van der Waals surface area contributed by atoms with Gasteiger partial charge in [-0.1, -0.05) is 6.08 Å². The second-order valence-electron chi connectivity index (χ2n) is 3.43. The quantitative estimate of drug-likeness (QED) is 0.593. The Hall–Kier alpha value is -1.55. The van der Waals surface area contributed by atoms with Crippen LogP contribution in [0.5, 0.6) is 0 Å². The minimum Gasteiger partial charge on any atom is -0.307 e. The van der Waals surface area contributed by atoms with E-state index in [1.165, 1.54) is 11.8 Å². The van der Waals surface area contributed by atoms with Crippen LogP contribution >= 0.6 is 11.8 Å². The molecular weight excluding hydrogens is 222 g/mol. The number of hydrogen-bond acceptors (Lipinski definition) is 3. The lowest BCUT2D eigenvalue weighted by Crippen LogP contribution is -2.35. The predicted molar refractivity (Wildman–Crippen MR) is 65.1 cm³/mol. The number of carbonyl (C=O) groups excluding carboxylic acids is 2. The van der Waals surface area contributed by atoms with Crippen LogP contribution in [0.1, 0.15) is 10.4 Å². The van der Waals surface area contributed by atoms with E-state index in [0.29, 0.717) is 17.9 Å². The monoisotopic (exact) mass is 233 g/mol. The fourth-order valence-electron chi connectivity index (χ4n) is 1.62. The molecule has 1 aliphatic rings. The third kappa shape index (κ3) is 1.88. The molecule has 0 N–H and O–H groups in total. The summed E-state index contributed by atoms with van der Waals surface area (Å²) in [7, 11) is 0. The topological polar surface area (TPSA) is 37.4 Å². The lowest BCUT2D eigenvalue weighted by atomic mass is 10.2. The van der Waals surface area contributed by atoms with Crippen LogP contribution in [0.25, 0.3) is 0 Å². The Morgan fingerprint density at radius 2 is 2.31 bits per heavy atom. The van der Waals surface area contributed by atoms with Gasteiger partial charge < -0.3 is 4.90 Å². The van der Waals surface area contributed by atoms with Gasteiger partial charge in [-0.15, -0.1) is 18.3 Å². The Kier molecular flexibility index (Phi) is 3.10. The number of thioether (sulfide) groups is 1. The molecule has 0 saturated heterocycles. The van der Waals surface area contributed by atoms with E-state index in [2.05, 4.69) is 6.58 Å². The molecule has 2 rings (SSSR count). The van der Waals surface area contributed by atoms with Crippen LogP contribution in [0.4, 0.5) is 5.69 Å². The number of carbonyl (C=O) groups is 2. The summed E-state index contributed by atoms with van der Waals surface area (Å²) in [6.07, 6.45) is 2.51. The number of benzene rings is 1. The van der Waals surface area contributed by atoms with Gasteiger partial charge in [0.2, 0.25) is 5.91 Å². The third-order valence-electron chi connectivity index (χ3n) is 2.37. The van der Waals surface area contributed by atoms with Crippen molar-refractivity contribution in [3.05, 3.63) is 36.4 Å². The Balaban J connectivity index is 2.43. The van der Waals surface area contributed by atoms with Crippen molar-refractivity contribution in [1.29, 1.82) is 0 Å². The lowest BCUT2D eigenvalue weighted by Gasteiger charge is -2.28. The summed E-state index contributed by atoms with van der Waals surface area (Å²) in [5.41, 5.74) is 1.51. The van der Waals surface area contributed by atoms with Crippen LogP contribution in [-0.4, -0.2) is 24.5 Å². The van der Waals surface area contributed by atoms with E-state index >= 15 is 0 Å². The highest BCUT2D eigenvalue weighted by molar-refractivity contribution is 8.00. The smallest absolute Gasteiger partial charge is 0.237 e. The molecule has 1 aromatic rings. The van der Waals surface area contributed by atoms with E-state index in [-0.39, 0.29) is 5.91 Å². The van der Waals surface area contributed by atoms with Crippen molar-refractivity contribution in [2.75, 3.05) is 17.2 Å². The number of anilines is 1. The number of fused-ring (bicyclic) bond motifs is 1. The summed E-state index contributed by atoms with van der Waals surface area (Å²) in [4.78, 5) is 25.0. The standard InChI is InChI=1S/C12H11NO2S/c1-2-5-13-10-4-3-9(7-14)6-11(10)16-8-12(13)15/h2-4,6-7H,1,5,8H2. The van der Waals surface area contributed by atoms with E-state index < -0.39 is 0 Å². The summed E-state index contributed by atoms with van der Waals surface area (Å²) in [5.74, 6) is 0.500. The second kappa shape index (κ2) is 4.53. The molecule has 0 aromatic heterocycles. The van der Waals surface area contributed by atoms with Crippen LogP contribution in [-0.2, 0) is 4.79 Å². The van der Waals surface area contributed by atoms with Gasteiger partial charge in [0.05, 0.1) is 11.4 Å². The van der Waals surface area contributed by atoms with Crippen molar-refractivity contribution in [2.24, 2.45) is 0 Å². The Morgan fingerprint density at radius 1 is 1.50 bits per heavy atom. The highest BCUT2D eigenvalue weighted by Gasteiger charge is 2.23. The van der Waals surface area contributed by atoms with E-state index in [1.807, 2.05) is 12.1 Å². The SMILES string of the molecule is C=CCN1C(=O)CSc2cc(C=O)ccc21. The first-order chi connectivity index (χ1) is 7.76. The molecule has 1 aromatic carbocycles. The van der Waals surface area contributed by atoms with Crippen molar-refractivity contribution in [3.63, 3.8) is 0 Å². The maximum absolute atomic E-state index is 11.7. The predicted octanol–water partition coefficient (Wildman–Crippen LogP) is 2.12. The van der Waals surface area contributed by atoms with Crippen LogP contribution in [0.3, 0.4) is 0 Å². The molecule has 82 valence electrons. The Labute approximate surface area is 98.1 Å². The van der Waals surface area contributed by atoms with Gasteiger partial charge in [0, 0.05) is 17.0 Å². The molecule has 0 atom stereocenters. The van der Waals surface area contributed by atoms with Crippen LogP contribution in [0.2, 0.25) is 0 Å². The number of hydrogen-bond donors (Lipinski definition) is 0. The van der Waals surface area contributed by atoms with Crippen molar-refractivity contribution >= 4 is 29.6 Å².